The van der Waals surface area contributed by atoms with Crippen LogP contribution in [0.15, 0.2) is 12.1 Å². The van der Waals surface area contributed by atoms with Crippen molar-refractivity contribution in [1.29, 1.82) is 0 Å². The maximum atomic E-state index is 5.43. The first kappa shape index (κ1) is 15.6. The van der Waals surface area contributed by atoms with E-state index >= 15 is 0 Å². The molecule has 0 aromatic heterocycles. The molecule has 0 radical (unpaired) electrons. The van der Waals surface area contributed by atoms with Gasteiger partial charge >= 0.3 is 0 Å². The van der Waals surface area contributed by atoms with Crippen LogP contribution >= 0.6 is 0 Å². The molecule has 0 amide bonds. The van der Waals surface area contributed by atoms with Crippen LogP contribution in [0.2, 0.25) is 0 Å². The quantitative estimate of drug-likeness (QED) is 0.771. The van der Waals surface area contributed by atoms with E-state index in [0.29, 0.717) is 0 Å². The minimum atomic E-state index is 0.732. The molecule has 1 aromatic carbocycles. The van der Waals surface area contributed by atoms with Crippen molar-refractivity contribution in [3.8, 4) is 17.2 Å². The lowest BCUT2D eigenvalue weighted by molar-refractivity contribution is 0.305. The van der Waals surface area contributed by atoms with Crippen LogP contribution in [0.1, 0.15) is 5.56 Å². The van der Waals surface area contributed by atoms with Gasteiger partial charge in [0.15, 0.2) is 0 Å². The van der Waals surface area contributed by atoms with Crippen molar-refractivity contribution in [1.82, 2.24) is 10.2 Å². The maximum Gasteiger partial charge on any atom is 0.130 e. The van der Waals surface area contributed by atoms with E-state index in [9.17, 15) is 0 Å². The van der Waals surface area contributed by atoms with Gasteiger partial charge in [-0.1, -0.05) is 0 Å². The first-order valence-electron chi connectivity index (χ1n) is 6.28. The van der Waals surface area contributed by atoms with Crippen LogP contribution in [0.5, 0.6) is 17.2 Å². The van der Waals surface area contributed by atoms with Crippen molar-refractivity contribution in [2.75, 3.05) is 48.5 Å². The first-order chi connectivity index (χ1) is 9.15. The molecule has 0 atom stereocenters. The Morgan fingerprint density at radius 2 is 1.63 bits per heavy atom. The topological polar surface area (TPSA) is 43.0 Å². The van der Waals surface area contributed by atoms with E-state index in [2.05, 4.69) is 17.3 Å². The summed E-state index contributed by atoms with van der Waals surface area (Å²) in [5.41, 5.74) is 1.03. The largest absolute Gasteiger partial charge is 0.496 e. The predicted molar refractivity (Wildman–Crippen MR) is 76.4 cm³/mol. The predicted octanol–water partition coefficient (Wildman–Crippen LogP) is 1.36. The lowest BCUT2D eigenvalue weighted by Gasteiger charge is -2.20. The fourth-order valence-corrected chi connectivity index (χ4v) is 1.89. The lowest BCUT2D eigenvalue weighted by atomic mass is 10.1. The first-order valence-corrected chi connectivity index (χ1v) is 6.28. The summed E-state index contributed by atoms with van der Waals surface area (Å²) in [7, 11) is 8.96. The minimum Gasteiger partial charge on any atom is -0.496 e. The van der Waals surface area contributed by atoms with Gasteiger partial charge in [-0.3, -0.25) is 0 Å². The van der Waals surface area contributed by atoms with Gasteiger partial charge in [-0.15, -0.1) is 0 Å². The van der Waals surface area contributed by atoms with Gasteiger partial charge in [0.25, 0.3) is 0 Å². The summed E-state index contributed by atoms with van der Waals surface area (Å²) in [6.45, 7) is 2.66. The Hall–Kier alpha value is -1.46. The molecule has 0 aliphatic heterocycles. The highest BCUT2D eigenvalue weighted by Crippen LogP contribution is 2.34. The third-order valence-corrected chi connectivity index (χ3v) is 2.99. The molecule has 0 unspecified atom stereocenters. The molecule has 0 saturated heterocycles. The van der Waals surface area contributed by atoms with E-state index < -0.39 is 0 Å². The number of nitrogens with zero attached hydrogens (tertiary/aromatic N) is 1. The van der Waals surface area contributed by atoms with Crippen LogP contribution in [0.25, 0.3) is 0 Å². The molecule has 5 nitrogen and oxygen atoms in total. The highest BCUT2D eigenvalue weighted by atomic mass is 16.5. The molecular weight excluding hydrogens is 244 g/mol. The van der Waals surface area contributed by atoms with Gasteiger partial charge < -0.3 is 24.4 Å². The Morgan fingerprint density at radius 3 is 2.05 bits per heavy atom. The number of likely N-dealkylation sites (N-methyl/N-ethyl adjacent to an activating group) is 2. The molecule has 0 heterocycles. The Morgan fingerprint density at radius 1 is 1.05 bits per heavy atom. The molecule has 5 heteroatoms. The van der Waals surface area contributed by atoms with E-state index in [4.69, 9.17) is 14.2 Å². The summed E-state index contributed by atoms with van der Waals surface area (Å²) < 4.78 is 16.1. The third kappa shape index (κ3) is 4.29. The second-order valence-electron chi connectivity index (χ2n) is 4.35. The maximum absolute atomic E-state index is 5.43. The van der Waals surface area contributed by atoms with Crippen molar-refractivity contribution in [3.05, 3.63) is 17.7 Å². The Labute approximate surface area is 115 Å². The normalized spacial score (nSPS) is 10.6. The zero-order valence-electron chi connectivity index (χ0n) is 12.4. The minimum absolute atomic E-state index is 0.732. The van der Waals surface area contributed by atoms with Crippen LogP contribution in [-0.4, -0.2) is 53.4 Å². The van der Waals surface area contributed by atoms with Gasteiger partial charge in [-0.2, -0.15) is 0 Å². The molecule has 0 aliphatic rings. The van der Waals surface area contributed by atoms with E-state index in [1.807, 2.05) is 19.2 Å². The molecule has 0 bridgehead atoms. The number of rotatable bonds is 8. The number of nitrogens with one attached hydrogen (secondary N) is 1. The average molecular weight is 268 g/mol. The molecule has 1 aromatic rings. The highest BCUT2D eigenvalue weighted by molar-refractivity contribution is 5.50. The summed E-state index contributed by atoms with van der Waals surface area (Å²) in [5, 5.41) is 3.14. The second-order valence-corrected chi connectivity index (χ2v) is 4.35. The summed E-state index contributed by atoms with van der Waals surface area (Å²) in [6.07, 6.45) is 0. The fraction of sp³-hybridized carbons (Fsp3) is 0.571. The van der Waals surface area contributed by atoms with Crippen molar-refractivity contribution in [2.45, 2.75) is 6.54 Å². The SMILES string of the molecule is CNCCN(C)Cc1c(OC)cc(OC)cc1OC. The molecular formula is C14H24N2O3. The summed E-state index contributed by atoms with van der Waals surface area (Å²) in [6, 6.07) is 3.76. The smallest absolute Gasteiger partial charge is 0.130 e. The zero-order chi connectivity index (χ0) is 14.3. The van der Waals surface area contributed by atoms with Crippen LogP contribution in [-0.2, 0) is 6.54 Å². The van der Waals surface area contributed by atoms with E-state index in [0.717, 1.165) is 42.4 Å². The van der Waals surface area contributed by atoms with Crippen LogP contribution in [0.4, 0.5) is 0 Å². The lowest BCUT2D eigenvalue weighted by Crippen LogP contribution is -2.27. The number of hydrogen-bond donors (Lipinski definition) is 1. The van der Waals surface area contributed by atoms with Crippen molar-refractivity contribution in [2.24, 2.45) is 0 Å². The third-order valence-electron chi connectivity index (χ3n) is 2.99. The Bertz CT molecular complexity index is 371. The molecule has 1 N–H and O–H groups in total. The molecule has 1 rings (SSSR count). The van der Waals surface area contributed by atoms with E-state index in [-0.39, 0.29) is 0 Å². The standard InChI is InChI=1S/C14H24N2O3/c1-15-6-7-16(2)10-12-13(18-4)8-11(17-3)9-14(12)19-5/h8-9,15H,6-7,10H2,1-5H3. The van der Waals surface area contributed by atoms with Crippen molar-refractivity contribution < 1.29 is 14.2 Å². The second kappa shape index (κ2) is 7.86. The van der Waals surface area contributed by atoms with Crippen molar-refractivity contribution in [3.63, 3.8) is 0 Å². The van der Waals surface area contributed by atoms with Crippen LogP contribution < -0.4 is 19.5 Å². The van der Waals surface area contributed by atoms with Gasteiger partial charge in [0.05, 0.1) is 26.9 Å². The summed E-state index contributed by atoms with van der Waals surface area (Å²) in [4.78, 5) is 2.21. The van der Waals surface area contributed by atoms with Gasteiger partial charge in [0.1, 0.15) is 17.2 Å². The fourth-order valence-electron chi connectivity index (χ4n) is 1.89. The molecule has 19 heavy (non-hydrogen) atoms. The molecule has 0 spiro atoms. The highest BCUT2D eigenvalue weighted by Gasteiger charge is 2.14. The monoisotopic (exact) mass is 268 g/mol. The van der Waals surface area contributed by atoms with Crippen molar-refractivity contribution >= 4 is 0 Å². The molecule has 0 saturated carbocycles. The average Bonchev–Trinajstić information content (AvgIpc) is 2.44. The summed E-state index contributed by atoms with van der Waals surface area (Å²) >= 11 is 0. The van der Waals surface area contributed by atoms with Gasteiger partial charge in [0.2, 0.25) is 0 Å². The molecule has 108 valence electrons. The van der Waals surface area contributed by atoms with Gasteiger partial charge in [0, 0.05) is 31.8 Å². The molecule has 0 aliphatic carbocycles. The number of benzene rings is 1. The Kier molecular flexibility index (Phi) is 6.45. The molecule has 0 fully saturated rings. The van der Waals surface area contributed by atoms with Crippen LogP contribution in [0, 0.1) is 0 Å². The number of methoxy groups -OCH3 is 3. The van der Waals surface area contributed by atoms with E-state index in [1.54, 1.807) is 21.3 Å². The number of hydrogen-bond acceptors (Lipinski definition) is 5. The zero-order valence-corrected chi connectivity index (χ0v) is 12.4. The van der Waals surface area contributed by atoms with Crippen LogP contribution in [0.3, 0.4) is 0 Å². The van der Waals surface area contributed by atoms with E-state index in [1.165, 1.54) is 0 Å². The van der Waals surface area contributed by atoms with Gasteiger partial charge in [-0.25, -0.2) is 0 Å². The van der Waals surface area contributed by atoms with Gasteiger partial charge in [-0.05, 0) is 14.1 Å². The summed E-state index contributed by atoms with van der Waals surface area (Å²) in [5.74, 6) is 2.30. The number of ether oxygens (including phenoxy) is 3. The Balaban J connectivity index is 2.96.